The van der Waals surface area contributed by atoms with E-state index in [0.29, 0.717) is 22.2 Å². The molecular formula is C26H20F3N5O3S. The summed E-state index contributed by atoms with van der Waals surface area (Å²) in [6.45, 7) is 1.74. The Labute approximate surface area is 217 Å². The fourth-order valence-corrected chi connectivity index (χ4v) is 4.46. The lowest BCUT2D eigenvalue weighted by Gasteiger charge is -2.12. The average molecular weight is 540 g/mol. The van der Waals surface area contributed by atoms with Crippen LogP contribution in [0.2, 0.25) is 0 Å². The molecule has 0 saturated carbocycles. The molecule has 38 heavy (non-hydrogen) atoms. The van der Waals surface area contributed by atoms with Crippen molar-refractivity contribution in [3.8, 4) is 17.2 Å². The van der Waals surface area contributed by atoms with Gasteiger partial charge in [0.2, 0.25) is 11.6 Å². The lowest BCUT2D eigenvalue weighted by Crippen LogP contribution is -2.10. The minimum absolute atomic E-state index is 0.0479. The molecule has 0 spiro atoms. The van der Waals surface area contributed by atoms with Gasteiger partial charge in [-0.3, -0.25) is 4.79 Å². The third-order valence-electron chi connectivity index (χ3n) is 5.80. The van der Waals surface area contributed by atoms with Crippen LogP contribution in [0.25, 0.3) is 16.6 Å². The lowest BCUT2D eigenvalue weighted by atomic mass is 10.1. The topological polar surface area (TPSA) is 121 Å². The Balaban J connectivity index is 1.42. The molecule has 1 unspecified atom stereocenters. The molecule has 194 valence electrons. The Hall–Kier alpha value is -4.42. The normalized spacial score (nSPS) is 12.1. The van der Waals surface area contributed by atoms with Gasteiger partial charge in [0.15, 0.2) is 17.4 Å². The monoisotopic (exact) mass is 539 g/mol. The number of nitrogen functional groups attached to an aromatic ring is 1. The minimum Gasteiger partial charge on any atom is -0.593 e. The second kappa shape index (κ2) is 9.80. The maximum Gasteiger partial charge on any atom is 0.214 e. The van der Waals surface area contributed by atoms with E-state index in [4.69, 9.17) is 10.5 Å². The number of nitrogens with two attached hydrogens (primary N) is 1. The molecule has 0 fully saturated rings. The minimum atomic E-state index is -1.47. The molecule has 2 aromatic heterocycles. The quantitative estimate of drug-likeness (QED) is 0.188. The number of aromatic nitrogens is 3. The molecule has 5 rings (SSSR count). The van der Waals surface area contributed by atoms with Gasteiger partial charge in [0, 0.05) is 17.0 Å². The Morgan fingerprint density at radius 1 is 1.13 bits per heavy atom. The predicted octanol–water partition coefficient (Wildman–Crippen LogP) is 5.39. The molecule has 0 saturated heterocycles. The predicted molar refractivity (Wildman–Crippen MR) is 139 cm³/mol. The summed E-state index contributed by atoms with van der Waals surface area (Å²) < 4.78 is 62.5. The third-order valence-corrected chi connectivity index (χ3v) is 6.31. The number of rotatable bonds is 7. The number of hydrogen-bond donors (Lipinski definition) is 3. The molecule has 2 heterocycles. The number of aromatic amines is 1. The van der Waals surface area contributed by atoms with Gasteiger partial charge >= 0.3 is 0 Å². The van der Waals surface area contributed by atoms with E-state index in [1.807, 2.05) is 0 Å². The van der Waals surface area contributed by atoms with Crippen molar-refractivity contribution in [3.05, 3.63) is 95.1 Å². The molecule has 0 aliphatic heterocycles. The summed E-state index contributed by atoms with van der Waals surface area (Å²) in [6, 6.07) is 12.6. The molecular weight excluding hydrogens is 519 g/mol. The summed E-state index contributed by atoms with van der Waals surface area (Å²) in [5.41, 5.74) is 8.17. The molecule has 4 N–H and O–H groups in total. The Bertz CT molecular complexity index is 1700. The number of ether oxygens (including phenoxy) is 1. The van der Waals surface area contributed by atoms with E-state index < -0.39 is 34.6 Å². The maximum absolute atomic E-state index is 14.3. The average Bonchev–Trinajstić information content (AvgIpc) is 3.45. The number of nitrogens with one attached hydrogen (secondary N) is 2. The van der Waals surface area contributed by atoms with E-state index in [-0.39, 0.29) is 34.3 Å². The first kappa shape index (κ1) is 25.2. The highest BCUT2D eigenvalue weighted by molar-refractivity contribution is 7.92. The maximum atomic E-state index is 14.3. The van der Waals surface area contributed by atoms with E-state index in [9.17, 15) is 22.5 Å². The second-order valence-electron chi connectivity index (χ2n) is 8.45. The highest BCUT2D eigenvalue weighted by Gasteiger charge is 2.21. The summed E-state index contributed by atoms with van der Waals surface area (Å²) in [5, 5.41) is 4.79. The van der Waals surface area contributed by atoms with Crippen molar-refractivity contribution in [2.45, 2.75) is 6.92 Å². The molecule has 3 aromatic carbocycles. The first-order chi connectivity index (χ1) is 18.1. The summed E-state index contributed by atoms with van der Waals surface area (Å²) in [7, 11) is 0. The van der Waals surface area contributed by atoms with E-state index >= 15 is 0 Å². The first-order valence-electron chi connectivity index (χ1n) is 11.2. The molecule has 12 heteroatoms. The summed E-state index contributed by atoms with van der Waals surface area (Å²) >= 11 is -1.47. The van der Waals surface area contributed by atoms with Crippen LogP contribution in [-0.4, -0.2) is 31.4 Å². The lowest BCUT2D eigenvalue weighted by molar-refractivity contribution is 0.103. The van der Waals surface area contributed by atoms with Gasteiger partial charge in [0.25, 0.3) is 0 Å². The zero-order valence-electron chi connectivity index (χ0n) is 20.0. The van der Waals surface area contributed by atoms with Crippen LogP contribution in [0.5, 0.6) is 11.5 Å². The van der Waals surface area contributed by atoms with E-state index in [1.54, 1.807) is 25.1 Å². The highest BCUT2D eigenvalue weighted by atomic mass is 32.2. The van der Waals surface area contributed by atoms with Crippen molar-refractivity contribution >= 4 is 39.6 Å². The largest absolute Gasteiger partial charge is 0.593 e. The van der Waals surface area contributed by atoms with Gasteiger partial charge in [0.05, 0.1) is 34.5 Å². The van der Waals surface area contributed by atoms with E-state index in [0.717, 1.165) is 6.07 Å². The van der Waals surface area contributed by atoms with E-state index in [1.165, 1.54) is 47.5 Å². The number of H-pyrrole nitrogens is 1. The number of fused-ring (bicyclic) bond motifs is 1. The zero-order chi connectivity index (χ0) is 27.1. The van der Waals surface area contributed by atoms with Crippen LogP contribution in [0.3, 0.4) is 0 Å². The number of ketones is 1. The number of anilines is 2. The second-order valence-corrected chi connectivity index (χ2v) is 9.56. The van der Waals surface area contributed by atoms with Crippen LogP contribution >= 0.6 is 0 Å². The zero-order valence-corrected chi connectivity index (χ0v) is 20.8. The van der Waals surface area contributed by atoms with Crippen molar-refractivity contribution in [2.24, 2.45) is 0 Å². The number of hydrogen-bond acceptors (Lipinski definition) is 6. The third kappa shape index (κ3) is 4.66. The summed E-state index contributed by atoms with van der Waals surface area (Å²) in [5.74, 6) is -3.12. The van der Waals surface area contributed by atoms with Crippen LogP contribution in [0.1, 0.15) is 21.6 Å². The molecule has 0 radical (unpaired) electrons. The molecule has 1 atom stereocenters. The van der Waals surface area contributed by atoms with Crippen LogP contribution in [-0.2, 0) is 11.4 Å². The number of carbonyl (C=O) groups excluding carboxylic acids is 1. The van der Waals surface area contributed by atoms with E-state index in [2.05, 4.69) is 14.8 Å². The number of benzene rings is 3. The van der Waals surface area contributed by atoms with Crippen molar-refractivity contribution < 1.29 is 27.3 Å². The van der Waals surface area contributed by atoms with Crippen molar-refractivity contribution in [2.75, 3.05) is 16.7 Å². The summed E-state index contributed by atoms with van der Waals surface area (Å²) in [4.78, 5) is 16.1. The van der Waals surface area contributed by atoms with Crippen LogP contribution in [0.4, 0.5) is 24.7 Å². The Morgan fingerprint density at radius 3 is 2.66 bits per heavy atom. The van der Waals surface area contributed by atoms with Gasteiger partial charge in [-0.1, -0.05) is 6.07 Å². The number of carbonyl (C=O) groups is 1. The molecule has 0 amide bonds. The van der Waals surface area contributed by atoms with Crippen molar-refractivity contribution in [1.29, 1.82) is 0 Å². The molecule has 5 aromatic rings. The number of aryl methyl sites for hydroxylation is 1. The van der Waals surface area contributed by atoms with Crippen LogP contribution in [0.15, 0.2) is 60.8 Å². The van der Waals surface area contributed by atoms with Gasteiger partial charge in [-0.25, -0.2) is 18.2 Å². The molecule has 0 aliphatic carbocycles. The molecule has 0 aliphatic rings. The smallest absolute Gasteiger partial charge is 0.214 e. The first-order valence-corrected chi connectivity index (χ1v) is 12.7. The summed E-state index contributed by atoms with van der Waals surface area (Å²) in [6.07, 6.45) is 2.70. The SMILES string of the molecule is Cc1cc(Oc2cccc(F)c2F)ccc1-n1ncc(C(=O)c2cc3cc(N[S+](C)[O-])c(F)cc3[nH]2)c1N. The van der Waals surface area contributed by atoms with Crippen molar-refractivity contribution in [3.63, 3.8) is 0 Å². The number of halogens is 3. The number of nitrogens with zero attached hydrogens (tertiary/aromatic N) is 2. The fraction of sp³-hybridized carbons (Fsp3) is 0.0769. The van der Waals surface area contributed by atoms with Crippen molar-refractivity contribution in [1.82, 2.24) is 14.8 Å². The van der Waals surface area contributed by atoms with Gasteiger partial charge in [-0.05, 0) is 55.0 Å². The van der Waals surface area contributed by atoms with Crippen LogP contribution < -0.4 is 15.2 Å². The molecule has 8 nitrogen and oxygen atoms in total. The van der Waals surface area contributed by atoms with Gasteiger partial charge < -0.3 is 20.0 Å². The van der Waals surface area contributed by atoms with Gasteiger partial charge in [-0.2, -0.15) is 9.49 Å². The Kier molecular flexibility index (Phi) is 6.51. The highest BCUT2D eigenvalue weighted by Crippen LogP contribution is 2.30. The van der Waals surface area contributed by atoms with Gasteiger partial charge in [0.1, 0.15) is 23.5 Å². The van der Waals surface area contributed by atoms with Gasteiger partial charge in [-0.15, -0.1) is 0 Å². The standard InChI is InChI=1S/C26H20F3N5O3S/c1-13-8-15(37-23-5-3-4-17(27)24(23)29)6-7-22(13)34-26(30)16(12-31-34)25(35)21-10-14-9-20(33-38(2)36)18(28)11-19(14)32-21/h3-12,32-33H,30H2,1-2H3. The Morgan fingerprint density at radius 2 is 1.92 bits per heavy atom. The van der Waals surface area contributed by atoms with Crippen LogP contribution in [0, 0.1) is 24.4 Å². The fourth-order valence-electron chi connectivity index (χ4n) is 4.00. The molecule has 0 bridgehead atoms.